The number of hydrogen-bond donors (Lipinski definition) is 2. The molecular formula is C68H73N7O4. The summed E-state index contributed by atoms with van der Waals surface area (Å²) in [6, 6.07) is 27.7. The molecule has 4 amide bonds. The van der Waals surface area contributed by atoms with Crippen LogP contribution in [0.15, 0.2) is 91.1 Å². The molecule has 0 radical (unpaired) electrons. The molecule has 0 unspecified atom stereocenters. The first-order chi connectivity index (χ1) is 38.7. The van der Waals surface area contributed by atoms with E-state index in [2.05, 4.69) is 121 Å². The normalized spacial score (nSPS) is 13.8. The molecule has 0 fully saturated rings. The molecule has 0 aliphatic carbocycles. The zero-order chi connectivity index (χ0) is 54.6. The topological polar surface area (TPSA) is 137 Å². The highest BCUT2D eigenvalue weighted by Gasteiger charge is 2.39. The molecule has 79 heavy (non-hydrogen) atoms. The van der Waals surface area contributed by atoms with Gasteiger partial charge in [0.2, 0.25) is 0 Å². The van der Waals surface area contributed by atoms with Gasteiger partial charge in [0.1, 0.15) is 0 Å². The number of nitrogens with one attached hydrogen (secondary N) is 2. The molecule has 4 aliphatic rings. The minimum Gasteiger partial charge on any atom is -0.355 e. The fourth-order valence-corrected chi connectivity index (χ4v) is 12.3. The van der Waals surface area contributed by atoms with Crippen LogP contribution in [0.4, 0.5) is 0 Å². The van der Waals surface area contributed by atoms with Gasteiger partial charge in [0.25, 0.3) is 23.6 Å². The number of carbonyl (C=O) groups is 4. The van der Waals surface area contributed by atoms with E-state index in [9.17, 15) is 19.2 Å². The lowest BCUT2D eigenvalue weighted by molar-refractivity contribution is 0.0581. The van der Waals surface area contributed by atoms with E-state index in [1.165, 1.54) is 65.9 Å². The molecule has 4 aliphatic heterocycles. The quantitative estimate of drug-likeness (QED) is 0.0483. The Bertz CT molecular complexity index is 3550. The lowest BCUT2D eigenvalue weighted by Gasteiger charge is -2.32. The minimum absolute atomic E-state index is 0.0422. The number of fused-ring (bicyclic) bond motifs is 8. The summed E-state index contributed by atoms with van der Waals surface area (Å²) in [6.45, 7) is 7.06. The Morgan fingerprint density at radius 1 is 0.430 bits per heavy atom. The van der Waals surface area contributed by atoms with Crippen molar-refractivity contribution in [3.05, 3.63) is 153 Å². The molecule has 3 aromatic carbocycles. The highest BCUT2D eigenvalue weighted by atomic mass is 16.2. The Hall–Kier alpha value is -7.92. The molecule has 4 aromatic heterocycles. The highest BCUT2D eigenvalue weighted by molar-refractivity contribution is 6.33. The number of aromatic nitrogens is 5. The van der Waals surface area contributed by atoms with Gasteiger partial charge in [0, 0.05) is 97.1 Å². The number of nitrogens with zero attached hydrogens (tertiary/aromatic N) is 5. The molecule has 7 aromatic rings. The van der Waals surface area contributed by atoms with Crippen LogP contribution in [0.5, 0.6) is 0 Å². The number of hydrogen-bond acceptors (Lipinski definition) is 6. The van der Waals surface area contributed by atoms with Gasteiger partial charge >= 0.3 is 0 Å². The predicted molar refractivity (Wildman–Crippen MR) is 321 cm³/mol. The van der Waals surface area contributed by atoms with Gasteiger partial charge in [-0.15, -0.1) is 0 Å². The molecule has 0 spiro atoms. The van der Waals surface area contributed by atoms with E-state index in [4.69, 9.17) is 9.97 Å². The van der Waals surface area contributed by atoms with Crippen molar-refractivity contribution in [3.63, 3.8) is 0 Å². The second-order valence-corrected chi connectivity index (χ2v) is 22.0. The summed E-state index contributed by atoms with van der Waals surface area (Å²) in [6.07, 6.45) is 30.3. The first kappa shape index (κ1) is 53.1. The van der Waals surface area contributed by atoms with Crippen molar-refractivity contribution in [1.82, 2.24) is 34.3 Å². The summed E-state index contributed by atoms with van der Waals surface area (Å²) in [5.74, 6) is -1.66. The van der Waals surface area contributed by atoms with Crippen molar-refractivity contribution in [1.29, 1.82) is 0 Å². The molecule has 0 atom stereocenters. The minimum atomic E-state index is -0.453. The van der Waals surface area contributed by atoms with Crippen LogP contribution in [0.3, 0.4) is 0 Å². The molecule has 0 saturated heterocycles. The fraction of sp³-hybridized carbons (Fsp3) is 0.353. The molecule has 11 heteroatoms. The van der Waals surface area contributed by atoms with Gasteiger partial charge in [-0.3, -0.25) is 29.0 Å². The average Bonchev–Trinajstić information content (AvgIpc) is 4.17. The van der Waals surface area contributed by atoms with Crippen LogP contribution in [0.1, 0.15) is 204 Å². The predicted octanol–water partition coefficient (Wildman–Crippen LogP) is 16.3. The number of H-pyrrole nitrogens is 2. The molecule has 8 heterocycles. The Balaban J connectivity index is 0.971. The third kappa shape index (κ3) is 10.5. The lowest BCUT2D eigenvalue weighted by Crippen LogP contribution is -2.43. The van der Waals surface area contributed by atoms with Gasteiger partial charge < -0.3 is 14.5 Å². The Kier molecular flexibility index (Phi) is 15.9. The second-order valence-electron chi connectivity index (χ2n) is 22.0. The summed E-state index contributed by atoms with van der Waals surface area (Å²) in [5, 5.41) is 0.787. The Morgan fingerprint density at radius 2 is 0.861 bits per heavy atom. The molecule has 11 rings (SSSR count). The van der Waals surface area contributed by atoms with Crippen molar-refractivity contribution in [3.8, 4) is 22.4 Å². The third-order valence-electron chi connectivity index (χ3n) is 16.6. The number of unbranched alkanes of at least 4 members (excludes halogenated alkanes) is 13. The van der Waals surface area contributed by atoms with E-state index < -0.39 is 11.8 Å². The van der Waals surface area contributed by atoms with Crippen LogP contribution in [-0.4, -0.2) is 64.5 Å². The summed E-state index contributed by atoms with van der Waals surface area (Å²) in [7, 11) is 2.08. The monoisotopic (exact) mass is 1050 g/mol. The maximum Gasteiger partial charge on any atom is 0.261 e. The number of amides is 4. The van der Waals surface area contributed by atoms with Crippen molar-refractivity contribution < 1.29 is 19.2 Å². The van der Waals surface area contributed by atoms with Gasteiger partial charge in [-0.1, -0.05) is 129 Å². The van der Waals surface area contributed by atoms with Crippen molar-refractivity contribution in [2.24, 2.45) is 7.05 Å². The number of aryl methyl sites for hydroxylation is 3. The van der Waals surface area contributed by atoms with E-state index >= 15 is 0 Å². The first-order valence-corrected chi connectivity index (χ1v) is 29.3. The number of aromatic amines is 2. The van der Waals surface area contributed by atoms with Gasteiger partial charge in [0.15, 0.2) is 0 Å². The van der Waals surface area contributed by atoms with Crippen LogP contribution in [0.2, 0.25) is 0 Å². The number of carbonyl (C=O) groups excluding carboxylic acids is 4. The van der Waals surface area contributed by atoms with E-state index in [0.717, 1.165) is 143 Å². The van der Waals surface area contributed by atoms with Crippen molar-refractivity contribution in [2.75, 3.05) is 6.54 Å². The molecular weight excluding hydrogens is 979 g/mol. The smallest absolute Gasteiger partial charge is 0.261 e. The van der Waals surface area contributed by atoms with Crippen LogP contribution < -0.4 is 0 Å². The van der Waals surface area contributed by atoms with Crippen LogP contribution in [-0.2, 0) is 26.4 Å². The Labute approximate surface area is 463 Å². The van der Waals surface area contributed by atoms with Gasteiger partial charge in [0.05, 0.1) is 35.0 Å². The number of imide groups is 2. The van der Waals surface area contributed by atoms with Gasteiger partial charge in [-0.05, 0) is 128 Å². The summed E-state index contributed by atoms with van der Waals surface area (Å²) >= 11 is 0. The number of rotatable bonds is 23. The maximum atomic E-state index is 14.5. The largest absolute Gasteiger partial charge is 0.355 e. The van der Waals surface area contributed by atoms with E-state index in [1.807, 2.05) is 12.1 Å². The van der Waals surface area contributed by atoms with Crippen LogP contribution >= 0.6 is 0 Å². The fourth-order valence-electron chi connectivity index (χ4n) is 12.3. The molecule has 2 N–H and O–H groups in total. The summed E-state index contributed by atoms with van der Waals surface area (Å²) in [4.78, 5) is 78.1. The third-order valence-corrected chi connectivity index (χ3v) is 16.6. The van der Waals surface area contributed by atoms with E-state index in [1.54, 1.807) is 24.3 Å². The standard InChI is InChI=1S/C68H73N7O4/c1-5-8-11-14-17-20-42-74-65(76)48-29-31-50-63-51(32-30-49(62(48)63)66(74)77)68(79)75(67(50)78)43-44-25-27-45(28-26-44)61-56-37-33-52(69-56)46(22-18-15-12-9-6-2)54-35-39-58(71-54)64(60-24-21-41-73(60)4)59-40-36-55(72-59)47(23-19-16-13-10-7-3)53-34-38-57(61)70-53/h21,24-41,69-70H,5-20,22-23,42-43H2,1-4H3. The average molecular weight is 1050 g/mol. The van der Waals surface area contributed by atoms with E-state index in [0.29, 0.717) is 39.6 Å². The molecule has 404 valence electrons. The summed E-state index contributed by atoms with van der Waals surface area (Å²) < 4.78 is 2.15. The van der Waals surface area contributed by atoms with Crippen LogP contribution in [0, 0.1) is 0 Å². The van der Waals surface area contributed by atoms with E-state index in [-0.39, 0.29) is 18.4 Å². The van der Waals surface area contributed by atoms with Crippen LogP contribution in [0.25, 0.3) is 79.5 Å². The SMILES string of the molecule is CCCCCCCCN1C(=O)c2ccc3c4c(ccc(c24)C1=O)C(=O)N(Cc1ccc(-c2c4ccc([nH]4)c(CCCCCCC)c4nc(c(-c5cccn5C)c5nc(c(CCCCCCC)c6ccc2[nH]6)C=C5)C=C4)cc1)C3=O. The zero-order valence-corrected chi connectivity index (χ0v) is 46.5. The molecule has 11 nitrogen and oxygen atoms in total. The second kappa shape index (κ2) is 23.6. The lowest BCUT2D eigenvalue weighted by atomic mass is 9.85. The van der Waals surface area contributed by atoms with Gasteiger partial charge in [-0.25, -0.2) is 9.97 Å². The van der Waals surface area contributed by atoms with Gasteiger partial charge in [-0.2, -0.15) is 0 Å². The zero-order valence-electron chi connectivity index (χ0n) is 46.5. The maximum absolute atomic E-state index is 14.5. The Morgan fingerprint density at radius 3 is 1.33 bits per heavy atom. The summed E-state index contributed by atoms with van der Waals surface area (Å²) in [5.41, 5.74) is 16.1. The molecule has 0 saturated carbocycles. The molecule has 8 bridgehead atoms. The highest BCUT2D eigenvalue weighted by Crippen LogP contribution is 2.40. The number of benzene rings is 3. The first-order valence-electron chi connectivity index (χ1n) is 29.3. The van der Waals surface area contributed by atoms with Crippen molar-refractivity contribution >= 4 is 80.8 Å². The van der Waals surface area contributed by atoms with Crippen molar-refractivity contribution in [2.45, 2.75) is 143 Å².